The molecule has 0 amide bonds. The van der Waals surface area contributed by atoms with Gasteiger partial charge in [-0.15, -0.1) is 0 Å². The zero-order valence-electron chi connectivity index (χ0n) is 5.89. The zero-order chi connectivity index (χ0) is 8.43. The van der Waals surface area contributed by atoms with E-state index in [1.54, 1.807) is 0 Å². The van der Waals surface area contributed by atoms with Crippen molar-refractivity contribution in [1.29, 1.82) is 0 Å². The molecule has 1 aromatic rings. The number of rotatable bonds is 2. The molecule has 0 saturated heterocycles. The molecule has 0 spiro atoms. The van der Waals surface area contributed by atoms with E-state index in [-0.39, 0.29) is 5.69 Å². The standard InChI is InChI=1S/C6H7F3N2/c1-4-2-11(3-7)10-5(4)6(8)9/h2,6H,3H2,1H3. The molecular formula is C6H7F3N2. The Bertz CT molecular complexity index is 244. The third-order valence-electron chi connectivity index (χ3n) is 1.31. The Balaban J connectivity index is 2.97. The molecular weight excluding hydrogens is 157 g/mol. The van der Waals surface area contributed by atoms with E-state index in [2.05, 4.69) is 5.10 Å². The molecule has 0 fully saturated rings. The Morgan fingerprint density at radius 3 is 2.55 bits per heavy atom. The number of hydrogen-bond acceptors (Lipinski definition) is 1. The van der Waals surface area contributed by atoms with Gasteiger partial charge in [0, 0.05) is 6.20 Å². The van der Waals surface area contributed by atoms with Crippen LogP contribution in [0.5, 0.6) is 0 Å². The van der Waals surface area contributed by atoms with Gasteiger partial charge < -0.3 is 0 Å². The summed E-state index contributed by atoms with van der Waals surface area (Å²) < 4.78 is 36.6. The minimum atomic E-state index is -2.62. The van der Waals surface area contributed by atoms with Crippen molar-refractivity contribution in [1.82, 2.24) is 9.78 Å². The number of aryl methyl sites for hydroxylation is 1. The summed E-state index contributed by atoms with van der Waals surface area (Å²) >= 11 is 0. The molecule has 0 aliphatic heterocycles. The first kappa shape index (κ1) is 8.10. The second-order valence-electron chi connectivity index (χ2n) is 2.16. The van der Waals surface area contributed by atoms with Gasteiger partial charge >= 0.3 is 0 Å². The molecule has 0 unspecified atom stereocenters. The number of hydrogen-bond donors (Lipinski definition) is 0. The smallest absolute Gasteiger partial charge is 0.241 e. The predicted octanol–water partition coefficient (Wildman–Crippen LogP) is 2.06. The fraction of sp³-hybridized carbons (Fsp3) is 0.500. The molecule has 1 rings (SSSR count). The first-order chi connectivity index (χ1) is 5.15. The summed E-state index contributed by atoms with van der Waals surface area (Å²) in [6.07, 6.45) is -1.37. The molecule has 0 aliphatic rings. The summed E-state index contributed by atoms with van der Waals surface area (Å²) in [6, 6.07) is 0. The maximum absolute atomic E-state index is 12.0. The Kier molecular flexibility index (Phi) is 2.16. The quantitative estimate of drug-likeness (QED) is 0.654. The van der Waals surface area contributed by atoms with Crippen molar-refractivity contribution in [3.8, 4) is 0 Å². The van der Waals surface area contributed by atoms with E-state index in [1.165, 1.54) is 13.1 Å². The highest BCUT2D eigenvalue weighted by Gasteiger charge is 2.14. The van der Waals surface area contributed by atoms with Crippen LogP contribution in [0.15, 0.2) is 6.20 Å². The van der Waals surface area contributed by atoms with E-state index < -0.39 is 13.2 Å². The Labute approximate surface area is 61.6 Å². The average molecular weight is 164 g/mol. The monoisotopic (exact) mass is 164 g/mol. The molecule has 0 aliphatic carbocycles. The van der Waals surface area contributed by atoms with Gasteiger partial charge in [-0.1, -0.05) is 0 Å². The van der Waals surface area contributed by atoms with Crippen LogP contribution >= 0.6 is 0 Å². The van der Waals surface area contributed by atoms with E-state index >= 15 is 0 Å². The highest BCUT2D eigenvalue weighted by Crippen LogP contribution is 2.19. The highest BCUT2D eigenvalue weighted by molar-refractivity contribution is 5.15. The highest BCUT2D eigenvalue weighted by atomic mass is 19.3. The lowest BCUT2D eigenvalue weighted by Crippen LogP contribution is -1.94. The van der Waals surface area contributed by atoms with Crippen LogP contribution in [0.3, 0.4) is 0 Å². The molecule has 2 nitrogen and oxygen atoms in total. The van der Waals surface area contributed by atoms with Crippen LogP contribution in [-0.4, -0.2) is 9.78 Å². The molecule has 0 N–H and O–H groups in total. The minimum absolute atomic E-state index is 0.317. The van der Waals surface area contributed by atoms with Gasteiger partial charge in [0.2, 0.25) is 0 Å². The molecule has 62 valence electrons. The molecule has 0 aromatic carbocycles. The van der Waals surface area contributed by atoms with Gasteiger partial charge in [-0.3, -0.25) is 0 Å². The molecule has 0 radical (unpaired) electrons. The average Bonchev–Trinajstić information content (AvgIpc) is 2.30. The van der Waals surface area contributed by atoms with Crippen molar-refractivity contribution >= 4 is 0 Å². The van der Waals surface area contributed by atoms with Crippen LogP contribution in [0, 0.1) is 6.92 Å². The van der Waals surface area contributed by atoms with Crippen molar-refractivity contribution in [2.75, 3.05) is 0 Å². The van der Waals surface area contributed by atoms with Gasteiger partial charge in [-0.2, -0.15) is 5.10 Å². The third kappa shape index (κ3) is 1.53. The summed E-state index contributed by atoms with van der Waals surface area (Å²) in [6.45, 7) is 0.605. The molecule has 1 aromatic heterocycles. The zero-order valence-corrected chi connectivity index (χ0v) is 5.89. The summed E-state index contributed by atoms with van der Waals surface area (Å²) in [5.74, 6) is 0. The number of aromatic nitrogens is 2. The van der Waals surface area contributed by atoms with E-state index in [1.807, 2.05) is 0 Å². The lowest BCUT2D eigenvalue weighted by molar-refractivity contribution is 0.143. The van der Waals surface area contributed by atoms with Crippen LogP contribution in [0.25, 0.3) is 0 Å². The topological polar surface area (TPSA) is 17.8 Å². The predicted molar refractivity (Wildman–Crippen MR) is 33.0 cm³/mol. The largest absolute Gasteiger partial charge is 0.282 e. The summed E-state index contributed by atoms with van der Waals surface area (Å²) in [5.41, 5.74) is -0.0275. The van der Waals surface area contributed by atoms with Gasteiger partial charge in [0.15, 0.2) is 6.80 Å². The second kappa shape index (κ2) is 2.94. The van der Waals surface area contributed by atoms with Gasteiger partial charge in [-0.25, -0.2) is 17.9 Å². The number of nitrogens with zero attached hydrogens (tertiary/aromatic N) is 2. The van der Waals surface area contributed by atoms with Crippen LogP contribution in [0.4, 0.5) is 13.2 Å². The van der Waals surface area contributed by atoms with Gasteiger partial charge in [0.05, 0.1) is 0 Å². The molecule has 0 atom stereocenters. The second-order valence-corrected chi connectivity index (χ2v) is 2.16. The lowest BCUT2D eigenvalue weighted by Gasteiger charge is -1.92. The normalized spacial score (nSPS) is 11.0. The van der Waals surface area contributed by atoms with E-state index in [0.717, 1.165) is 4.68 Å². The van der Waals surface area contributed by atoms with Gasteiger partial charge in [-0.05, 0) is 12.5 Å². The van der Waals surface area contributed by atoms with E-state index in [0.29, 0.717) is 5.56 Å². The fourth-order valence-electron chi connectivity index (χ4n) is 0.813. The number of halogens is 3. The van der Waals surface area contributed by atoms with Crippen LogP contribution < -0.4 is 0 Å². The Morgan fingerprint density at radius 1 is 1.64 bits per heavy atom. The lowest BCUT2D eigenvalue weighted by atomic mass is 10.3. The van der Waals surface area contributed by atoms with Crippen LogP contribution in [-0.2, 0) is 6.80 Å². The third-order valence-corrected chi connectivity index (χ3v) is 1.31. The molecule has 0 saturated carbocycles. The van der Waals surface area contributed by atoms with Crippen molar-refractivity contribution in [3.05, 3.63) is 17.5 Å². The molecule has 11 heavy (non-hydrogen) atoms. The van der Waals surface area contributed by atoms with Gasteiger partial charge in [0.1, 0.15) is 5.69 Å². The Hall–Kier alpha value is -1.00. The maximum atomic E-state index is 12.0. The van der Waals surface area contributed by atoms with Gasteiger partial charge in [0.25, 0.3) is 6.43 Å². The SMILES string of the molecule is Cc1cn(CF)nc1C(F)F. The molecule has 5 heteroatoms. The summed E-state index contributed by atoms with van der Waals surface area (Å²) in [5, 5.41) is 3.32. The van der Waals surface area contributed by atoms with Crippen molar-refractivity contribution in [2.45, 2.75) is 20.1 Å². The van der Waals surface area contributed by atoms with Crippen molar-refractivity contribution in [2.24, 2.45) is 0 Å². The first-order valence-electron chi connectivity index (χ1n) is 3.03. The minimum Gasteiger partial charge on any atom is -0.241 e. The van der Waals surface area contributed by atoms with Crippen molar-refractivity contribution < 1.29 is 13.2 Å². The molecule has 1 heterocycles. The van der Waals surface area contributed by atoms with Crippen LogP contribution in [0.2, 0.25) is 0 Å². The van der Waals surface area contributed by atoms with Crippen LogP contribution in [0.1, 0.15) is 17.7 Å². The maximum Gasteiger partial charge on any atom is 0.282 e. The summed E-state index contributed by atoms with van der Waals surface area (Å²) in [4.78, 5) is 0. The van der Waals surface area contributed by atoms with E-state index in [4.69, 9.17) is 0 Å². The number of alkyl halides is 3. The Morgan fingerprint density at radius 2 is 2.27 bits per heavy atom. The van der Waals surface area contributed by atoms with E-state index in [9.17, 15) is 13.2 Å². The fourth-order valence-corrected chi connectivity index (χ4v) is 0.813. The molecule has 0 bridgehead atoms. The van der Waals surface area contributed by atoms with Crippen molar-refractivity contribution in [3.63, 3.8) is 0 Å². The first-order valence-corrected chi connectivity index (χ1v) is 3.03. The summed E-state index contributed by atoms with van der Waals surface area (Å²) in [7, 11) is 0.